The van der Waals surface area contributed by atoms with Gasteiger partial charge in [0, 0.05) is 37.6 Å². The van der Waals surface area contributed by atoms with Crippen molar-refractivity contribution in [3.05, 3.63) is 36.7 Å². The maximum absolute atomic E-state index is 12.3. The van der Waals surface area contributed by atoms with Crippen molar-refractivity contribution >= 4 is 5.91 Å². The van der Waals surface area contributed by atoms with Gasteiger partial charge in [0.1, 0.15) is 11.6 Å². The van der Waals surface area contributed by atoms with E-state index in [1.54, 1.807) is 6.20 Å². The molecule has 156 valence electrons. The van der Waals surface area contributed by atoms with Gasteiger partial charge in [0.15, 0.2) is 6.61 Å². The van der Waals surface area contributed by atoms with Gasteiger partial charge in [-0.2, -0.15) is 0 Å². The van der Waals surface area contributed by atoms with E-state index in [-0.39, 0.29) is 18.6 Å². The lowest BCUT2D eigenvalue weighted by Gasteiger charge is -2.30. The minimum absolute atomic E-state index is 0.0227. The molecule has 2 aromatic rings. The van der Waals surface area contributed by atoms with Crippen LogP contribution in [-0.4, -0.2) is 64.4 Å². The number of β-amino-alcohol motifs (C(OH)–C–C–N with tert-alkyl or cyclic N) is 1. The van der Waals surface area contributed by atoms with Gasteiger partial charge in [-0.25, -0.2) is 4.98 Å². The number of hydrogen-bond acceptors (Lipinski definition) is 5. The molecule has 0 radical (unpaired) electrons. The molecule has 2 N–H and O–H groups in total. The van der Waals surface area contributed by atoms with E-state index in [4.69, 9.17) is 4.74 Å². The van der Waals surface area contributed by atoms with E-state index in [1.807, 2.05) is 35.4 Å². The fraction of sp³-hybridized carbons (Fsp3) is 0.545. The molecule has 4 rings (SSSR count). The van der Waals surface area contributed by atoms with Crippen molar-refractivity contribution in [3.8, 4) is 17.1 Å². The molecule has 0 saturated carbocycles. The molecule has 1 aromatic carbocycles. The van der Waals surface area contributed by atoms with Gasteiger partial charge in [-0.1, -0.05) is 6.92 Å². The number of benzene rings is 1. The zero-order chi connectivity index (χ0) is 20.2. The topological polar surface area (TPSA) is 79.6 Å². The van der Waals surface area contributed by atoms with Crippen LogP contribution >= 0.6 is 0 Å². The smallest absolute Gasteiger partial charge is 0.260 e. The van der Waals surface area contributed by atoms with Crippen molar-refractivity contribution in [2.45, 2.75) is 38.3 Å². The van der Waals surface area contributed by atoms with Crippen LogP contribution in [0.2, 0.25) is 0 Å². The third kappa shape index (κ3) is 4.62. The van der Waals surface area contributed by atoms with Gasteiger partial charge >= 0.3 is 0 Å². The summed E-state index contributed by atoms with van der Waals surface area (Å²) in [6.45, 7) is 5.44. The van der Waals surface area contributed by atoms with Crippen LogP contribution in [0.5, 0.6) is 5.75 Å². The Morgan fingerprint density at radius 3 is 2.72 bits per heavy atom. The number of piperidine rings is 2. The number of aliphatic hydroxyl groups is 1. The number of amides is 1. The molecule has 29 heavy (non-hydrogen) atoms. The Labute approximate surface area is 171 Å². The Hall–Kier alpha value is -2.38. The third-order valence-electron chi connectivity index (χ3n) is 6.05. The highest BCUT2D eigenvalue weighted by molar-refractivity contribution is 5.77. The first-order chi connectivity index (χ1) is 14.1. The summed E-state index contributed by atoms with van der Waals surface area (Å²) in [5, 5.41) is 13.5. The van der Waals surface area contributed by atoms with Gasteiger partial charge < -0.3 is 24.6 Å². The first-order valence-electron chi connectivity index (χ1n) is 10.5. The summed E-state index contributed by atoms with van der Waals surface area (Å²) in [5.41, 5.74) is 0.962. The average molecular weight is 399 g/mol. The molecule has 2 aliphatic heterocycles. The molecule has 0 spiro atoms. The standard InChI is InChI=1S/C22H30N4O3/c1-16-7-11-25(12-8-16)21(28)15-29-18-4-2-17(3-5-18)22-24-10-13-26(22)19-6-9-23-14-20(19)27/h2-5,10,13,16,19-20,23,27H,6-9,11-12,14-15H2,1H3/t19-,20-/m0/s1. The van der Waals surface area contributed by atoms with Gasteiger partial charge in [0.2, 0.25) is 0 Å². The van der Waals surface area contributed by atoms with E-state index in [0.717, 1.165) is 50.3 Å². The quantitative estimate of drug-likeness (QED) is 0.806. The van der Waals surface area contributed by atoms with Gasteiger partial charge in [0.25, 0.3) is 5.91 Å². The number of nitrogens with one attached hydrogen (secondary N) is 1. The molecule has 7 nitrogen and oxygen atoms in total. The molecular formula is C22H30N4O3. The predicted molar refractivity (Wildman–Crippen MR) is 111 cm³/mol. The number of aromatic nitrogens is 2. The van der Waals surface area contributed by atoms with Crippen LogP contribution in [0.25, 0.3) is 11.4 Å². The zero-order valence-corrected chi connectivity index (χ0v) is 17.0. The zero-order valence-electron chi connectivity index (χ0n) is 17.0. The number of nitrogens with zero attached hydrogens (tertiary/aromatic N) is 3. The summed E-state index contributed by atoms with van der Waals surface area (Å²) in [6, 6.07) is 7.68. The average Bonchev–Trinajstić information content (AvgIpc) is 3.23. The molecule has 2 atom stereocenters. The first-order valence-corrected chi connectivity index (χ1v) is 10.5. The van der Waals surface area contributed by atoms with E-state index < -0.39 is 6.10 Å². The fourth-order valence-corrected chi connectivity index (χ4v) is 4.15. The van der Waals surface area contributed by atoms with Gasteiger partial charge in [-0.05, 0) is 56.0 Å². The van der Waals surface area contributed by atoms with Crippen molar-refractivity contribution in [3.63, 3.8) is 0 Å². The Kier molecular flexibility index (Phi) is 6.16. The van der Waals surface area contributed by atoms with E-state index in [1.165, 1.54) is 0 Å². The largest absolute Gasteiger partial charge is 0.484 e. The summed E-state index contributed by atoms with van der Waals surface area (Å²) in [7, 11) is 0. The summed E-state index contributed by atoms with van der Waals surface area (Å²) in [5.74, 6) is 2.26. The molecule has 0 aliphatic carbocycles. The number of carbonyl (C=O) groups is 1. The second-order valence-electron chi connectivity index (χ2n) is 8.16. The maximum Gasteiger partial charge on any atom is 0.260 e. The van der Waals surface area contributed by atoms with Crippen LogP contribution < -0.4 is 10.1 Å². The third-order valence-corrected chi connectivity index (χ3v) is 6.05. The van der Waals surface area contributed by atoms with Crippen LogP contribution in [0.3, 0.4) is 0 Å². The summed E-state index contributed by atoms with van der Waals surface area (Å²) in [4.78, 5) is 18.7. The van der Waals surface area contributed by atoms with Crippen molar-refractivity contribution in [2.24, 2.45) is 5.92 Å². The van der Waals surface area contributed by atoms with Gasteiger partial charge in [-0.15, -0.1) is 0 Å². The number of carbonyl (C=O) groups excluding carboxylic acids is 1. The molecule has 3 heterocycles. The Balaban J connectivity index is 1.37. The van der Waals surface area contributed by atoms with E-state index in [0.29, 0.717) is 18.2 Å². The maximum atomic E-state index is 12.3. The van der Waals surface area contributed by atoms with Crippen molar-refractivity contribution < 1.29 is 14.6 Å². The predicted octanol–water partition coefficient (Wildman–Crippen LogP) is 2.08. The molecule has 1 aromatic heterocycles. The number of imidazole rings is 1. The Morgan fingerprint density at radius 2 is 2.00 bits per heavy atom. The van der Waals surface area contributed by atoms with Gasteiger partial charge in [0.05, 0.1) is 12.1 Å². The Bertz CT molecular complexity index is 812. The van der Waals surface area contributed by atoms with Crippen molar-refractivity contribution in [2.75, 3.05) is 32.8 Å². The van der Waals surface area contributed by atoms with Crippen LogP contribution in [0.1, 0.15) is 32.2 Å². The lowest BCUT2D eigenvalue weighted by atomic mass is 9.99. The highest BCUT2D eigenvalue weighted by Crippen LogP contribution is 2.27. The SMILES string of the molecule is CC1CCN(C(=O)COc2ccc(-c3nccn3[C@H]3CCNC[C@@H]3O)cc2)CC1. The van der Waals surface area contributed by atoms with Crippen molar-refractivity contribution in [1.82, 2.24) is 19.8 Å². The molecule has 0 bridgehead atoms. The minimum atomic E-state index is -0.428. The lowest BCUT2D eigenvalue weighted by Crippen LogP contribution is -2.41. The van der Waals surface area contributed by atoms with Crippen LogP contribution in [0, 0.1) is 5.92 Å². The lowest BCUT2D eigenvalue weighted by molar-refractivity contribution is -0.134. The molecule has 1 amide bonds. The van der Waals surface area contributed by atoms with Crippen molar-refractivity contribution in [1.29, 1.82) is 0 Å². The second-order valence-corrected chi connectivity index (χ2v) is 8.16. The number of likely N-dealkylation sites (tertiary alicyclic amines) is 1. The normalized spacial score (nSPS) is 23.2. The van der Waals surface area contributed by atoms with Crippen LogP contribution in [0.15, 0.2) is 36.7 Å². The van der Waals surface area contributed by atoms with Gasteiger partial charge in [-0.3, -0.25) is 4.79 Å². The molecule has 0 unspecified atom stereocenters. The molecule has 7 heteroatoms. The molecule has 2 fully saturated rings. The number of ether oxygens (including phenoxy) is 1. The number of rotatable bonds is 5. The summed E-state index contributed by atoms with van der Waals surface area (Å²) in [6.07, 6.45) is 6.27. The molecule has 2 aliphatic rings. The minimum Gasteiger partial charge on any atom is -0.484 e. The van der Waals surface area contributed by atoms with E-state index in [2.05, 4.69) is 21.8 Å². The first kappa shape index (κ1) is 19.9. The highest BCUT2D eigenvalue weighted by Gasteiger charge is 2.26. The molecular weight excluding hydrogens is 368 g/mol. The van der Waals surface area contributed by atoms with Crippen LogP contribution in [0.4, 0.5) is 0 Å². The van der Waals surface area contributed by atoms with E-state index >= 15 is 0 Å². The second kappa shape index (κ2) is 8.97. The summed E-state index contributed by atoms with van der Waals surface area (Å²) >= 11 is 0. The highest BCUT2D eigenvalue weighted by atomic mass is 16.5. The summed E-state index contributed by atoms with van der Waals surface area (Å²) < 4.78 is 7.77. The monoisotopic (exact) mass is 398 g/mol. The number of hydrogen-bond donors (Lipinski definition) is 2. The number of aliphatic hydroxyl groups excluding tert-OH is 1. The van der Waals surface area contributed by atoms with E-state index in [9.17, 15) is 9.90 Å². The Morgan fingerprint density at radius 1 is 1.24 bits per heavy atom. The molecule has 2 saturated heterocycles. The van der Waals surface area contributed by atoms with Crippen LogP contribution in [-0.2, 0) is 4.79 Å². The fourth-order valence-electron chi connectivity index (χ4n) is 4.15.